The molecule has 1 saturated heterocycles. The second-order valence-corrected chi connectivity index (χ2v) is 5.12. The minimum absolute atomic E-state index is 0.271. The monoisotopic (exact) mass is 247 g/mol. The van der Waals surface area contributed by atoms with E-state index in [0.29, 0.717) is 0 Å². The maximum atomic E-state index is 6.18. The molecule has 18 heavy (non-hydrogen) atoms. The Balaban J connectivity index is 1.95. The standard InChI is InChI=1S/C16H25NO/c1-2-3-12-16(17-13-8-5-9-14-17)18-15-10-6-4-7-11-15/h4,6-7,10-11,16H,2-3,5,8-9,12-14H2,1H3. The van der Waals surface area contributed by atoms with E-state index in [1.54, 1.807) is 0 Å². The van der Waals surface area contributed by atoms with E-state index < -0.39 is 0 Å². The average molecular weight is 247 g/mol. The van der Waals surface area contributed by atoms with E-state index in [1.807, 2.05) is 18.2 Å². The Kier molecular flexibility index (Phi) is 5.53. The van der Waals surface area contributed by atoms with Crippen molar-refractivity contribution in [3.8, 4) is 5.75 Å². The van der Waals surface area contributed by atoms with Crippen LogP contribution in [-0.4, -0.2) is 24.2 Å². The van der Waals surface area contributed by atoms with Crippen LogP contribution in [0.25, 0.3) is 0 Å². The van der Waals surface area contributed by atoms with Crippen molar-refractivity contribution in [1.82, 2.24) is 4.90 Å². The van der Waals surface area contributed by atoms with Crippen molar-refractivity contribution < 1.29 is 4.74 Å². The fourth-order valence-electron chi connectivity index (χ4n) is 2.56. The van der Waals surface area contributed by atoms with Crippen LogP contribution in [0.15, 0.2) is 30.3 Å². The van der Waals surface area contributed by atoms with Gasteiger partial charge in [0, 0.05) is 13.1 Å². The molecule has 1 aromatic carbocycles. The van der Waals surface area contributed by atoms with Gasteiger partial charge in [-0.1, -0.05) is 38.0 Å². The molecule has 1 unspecified atom stereocenters. The van der Waals surface area contributed by atoms with Gasteiger partial charge in [-0.25, -0.2) is 0 Å². The van der Waals surface area contributed by atoms with Gasteiger partial charge in [0.25, 0.3) is 0 Å². The first-order valence-corrected chi connectivity index (χ1v) is 7.36. The average Bonchev–Trinajstić information content (AvgIpc) is 2.45. The third kappa shape index (κ3) is 4.02. The van der Waals surface area contributed by atoms with Crippen molar-refractivity contribution in [2.75, 3.05) is 13.1 Å². The molecular formula is C16H25NO. The first-order chi connectivity index (χ1) is 8.90. The summed E-state index contributed by atoms with van der Waals surface area (Å²) in [5, 5.41) is 0. The Morgan fingerprint density at radius 3 is 2.50 bits per heavy atom. The van der Waals surface area contributed by atoms with Crippen LogP contribution >= 0.6 is 0 Å². The van der Waals surface area contributed by atoms with Gasteiger partial charge in [0.15, 0.2) is 6.23 Å². The summed E-state index contributed by atoms with van der Waals surface area (Å²) in [5.41, 5.74) is 0. The Morgan fingerprint density at radius 2 is 1.83 bits per heavy atom. The number of piperidine rings is 1. The SMILES string of the molecule is CCCCC(Oc1ccccc1)N1CCCCC1. The molecule has 1 aliphatic heterocycles. The third-order valence-corrected chi connectivity index (χ3v) is 3.62. The summed E-state index contributed by atoms with van der Waals surface area (Å²) >= 11 is 0. The molecule has 0 aliphatic carbocycles. The Hall–Kier alpha value is -1.02. The highest BCUT2D eigenvalue weighted by Gasteiger charge is 2.21. The second kappa shape index (κ2) is 7.42. The van der Waals surface area contributed by atoms with Gasteiger partial charge < -0.3 is 4.74 Å². The van der Waals surface area contributed by atoms with Crippen molar-refractivity contribution in [2.45, 2.75) is 51.7 Å². The molecule has 0 aromatic heterocycles. The van der Waals surface area contributed by atoms with E-state index in [2.05, 4.69) is 24.0 Å². The zero-order chi connectivity index (χ0) is 12.6. The quantitative estimate of drug-likeness (QED) is 0.751. The van der Waals surface area contributed by atoms with Gasteiger partial charge in [0.1, 0.15) is 5.75 Å². The summed E-state index contributed by atoms with van der Waals surface area (Å²) in [6.45, 7) is 4.64. The van der Waals surface area contributed by atoms with E-state index in [4.69, 9.17) is 4.74 Å². The molecular weight excluding hydrogens is 222 g/mol. The van der Waals surface area contributed by atoms with Crippen LogP contribution in [0.3, 0.4) is 0 Å². The van der Waals surface area contributed by atoms with E-state index in [0.717, 1.165) is 12.2 Å². The molecule has 2 heteroatoms. The lowest BCUT2D eigenvalue weighted by Gasteiger charge is -2.34. The highest BCUT2D eigenvalue weighted by molar-refractivity contribution is 5.21. The zero-order valence-electron chi connectivity index (χ0n) is 11.5. The topological polar surface area (TPSA) is 12.5 Å². The minimum atomic E-state index is 0.271. The second-order valence-electron chi connectivity index (χ2n) is 5.12. The Morgan fingerprint density at radius 1 is 1.11 bits per heavy atom. The zero-order valence-corrected chi connectivity index (χ0v) is 11.5. The molecule has 1 heterocycles. The normalized spacial score (nSPS) is 18.5. The smallest absolute Gasteiger partial charge is 0.152 e. The minimum Gasteiger partial charge on any atom is -0.475 e. The summed E-state index contributed by atoms with van der Waals surface area (Å²) in [7, 11) is 0. The summed E-state index contributed by atoms with van der Waals surface area (Å²) in [6.07, 6.45) is 7.92. The number of rotatable bonds is 6. The fraction of sp³-hybridized carbons (Fsp3) is 0.625. The molecule has 1 fully saturated rings. The first-order valence-electron chi connectivity index (χ1n) is 7.36. The van der Waals surface area contributed by atoms with Gasteiger partial charge in [-0.05, 0) is 37.8 Å². The van der Waals surface area contributed by atoms with Gasteiger partial charge in [0.05, 0.1) is 0 Å². The highest BCUT2D eigenvalue weighted by Crippen LogP contribution is 2.20. The molecule has 0 radical (unpaired) electrons. The number of hydrogen-bond donors (Lipinski definition) is 0. The predicted molar refractivity (Wildman–Crippen MR) is 75.8 cm³/mol. The molecule has 0 saturated carbocycles. The summed E-state index contributed by atoms with van der Waals surface area (Å²) in [4.78, 5) is 2.52. The van der Waals surface area contributed by atoms with E-state index in [-0.39, 0.29) is 6.23 Å². The van der Waals surface area contributed by atoms with E-state index in [9.17, 15) is 0 Å². The lowest BCUT2D eigenvalue weighted by atomic mass is 10.1. The van der Waals surface area contributed by atoms with Gasteiger partial charge in [-0.2, -0.15) is 0 Å². The molecule has 0 bridgehead atoms. The maximum Gasteiger partial charge on any atom is 0.152 e. The number of unbranched alkanes of at least 4 members (excludes halogenated alkanes) is 1. The summed E-state index contributed by atoms with van der Waals surface area (Å²) in [6, 6.07) is 10.2. The van der Waals surface area contributed by atoms with Crippen molar-refractivity contribution in [2.24, 2.45) is 0 Å². The van der Waals surface area contributed by atoms with Crippen LogP contribution in [0, 0.1) is 0 Å². The molecule has 1 atom stereocenters. The lowest BCUT2D eigenvalue weighted by Crippen LogP contribution is -2.42. The van der Waals surface area contributed by atoms with Crippen molar-refractivity contribution in [3.63, 3.8) is 0 Å². The number of likely N-dealkylation sites (tertiary alicyclic amines) is 1. The van der Waals surface area contributed by atoms with Crippen LogP contribution < -0.4 is 4.74 Å². The molecule has 2 nitrogen and oxygen atoms in total. The van der Waals surface area contributed by atoms with E-state index in [1.165, 1.54) is 45.2 Å². The predicted octanol–water partition coefficient (Wildman–Crippen LogP) is 4.07. The van der Waals surface area contributed by atoms with Gasteiger partial charge >= 0.3 is 0 Å². The number of benzene rings is 1. The van der Waals surface area contributed by atoms with Gasteiger partial charge in [0.2, 0.25) is 0 Å². The van der Waals surface area contributed by atoms with Crippen molar-refractivity contribution in [3.05, 3.63) is 30.3 Å². The first kappa shape index (κ1) is 13.4. The molecule has 0 N–H and O–H groups in total. The lowest BCUT2D eigenvalue weighted by molar-refractivity contribution is 0.00504. The Labute approximate surface area is 111 Å². The van der Waals surface area contributed by atoms with Gasteiger partial charge in [-0.15, -0.1) is 0 Å². The summed E-state index contributed by atoms with van der Waals surface area (Å²) < 4.78 is 6.18. The highest BCUT2D eigenvalue weighted by atomic mass is 16.5. The number of hydrogen-bond acceptors (Lipinski definition) is 2. The molecule has 1 aliphatic rings. The van der Waals surface area contributed by atoms with Crippen LogP contribution in [-0.2, 0) is 0 Å². The van der Waals surface area contributed by atoms with Crippen LogP contribution in [0.4, 0.5) is 0 Å². The summed E-state index contributed by atoms with van der Waals surface area (Å²) in [5.74, 6) is 1.00. The van der Waals surface area contributed by atoms with Crippen LogP contribution in [0.2, 0.25) is 0 Å². The largest absolute Gasteiger partial charge is 0.475 e. The van der Waals surface area contributed by atoms with Crippen LogP contribution in [0.1, 0.15) is 45.4 Å². The third-order valence-electron chi connectivity index (χ3n) is 3.62. The number of ether oxygens (including phenoxy) is 1. The van der Waals surface area contributed by atoms with Crippen molar-refractivity contribution in [1.29, 1.82) is 0 Å². The maximum absolute atomic E-state index is 6.18. The molecule has 100 valence electrons. The molecule has 1 aromatic rings. The van der Waals surface area contributed by atoms with Crippen LogP contribution in [0.5, 0.6) is 5.75 Å². The Bertz CT molecular complexity index is 319. The van der Waals surface area contributed by atoms with Gasteiger partial charge in [-0.3, -0.25) is 4.90 Å². The number of nitrogens with zero attached hydrogens (tertiary/aromatic N) is 1. The molecule has 0 spiro atoms. The molecule has 2 rings (SSSR count). The van der Waals surface area contributed by atoms with E-state index >= 15 is 0 Å². The fourth-order valence-corrected chi connectivity index (χ4v) is 2.56. The molecule has 0 amide bonds. The number of para-hydroxylation sites is 1. The van der Waals surface area contributed by atoms with Crippen molar-refractivity contribution >= 4 is 0 Å².